The molecule has 12 heavy (non-hydrogen) atoms. The Hall–Kier alpha value is -0.0800. The molecule has 2 rings (SSSR count). The van der Waals surface area contributed by atoms with Crippen LogP contribution in [0.1, 0.15) is 44.9 Å². The number of piperidine rings is 1. The molecular weight excluding hydrogens is 148 g/mol. The molecule has 0 spiro atoms. The summed E-state index contributed by atoms with van der Waals surface area (Å²) < 4.78 is 0. The van der Waals surface area contributed by atoms with E-state index in [2.05, 4.69) is 4.90 Å². The van der Waals surface area contributed by atoms with E-state index in [1.165, 1.54) is 51.5 Å². The van der Waals surface area contributed by atoms with Gasteiger partial charge in [0.25, 0.3) is 0 Å². The van der Waals surface area contributed by atoms with Gasteiger partial charge in [0.2, 0.25) is 0 Å². The Balaban J connectivity index is 2.00. The summed E-state index contributed by atoms with van der Waals surface area (Å²) in [5.41, 5.74) is 6.08. The van der Waals surface area contributed by atoms with Crippen LogP contribution in [0.2, 0.25) is 0 Å². The smallest absolute Gasteiger partial charge is 0.0574 e. The fourth-order valence-corrected chi connectivity index (χ4v) is 2.67. The van der Waals surface area contributed by atoms with Gasteiger partial charge in [-0.15, -0.1) is 0 Å². The maximum absolute atomic E-state index is 6.08. The van der Waals surface area contributed by atoms with Crippen LogP contribution >= 0.6 is 0 Å². The van der Waals surface area contributed by atoms with E-state index >= 15 is 0 Å². The number of rotatable bonds is 0. The first-order valence-corrected chi connectivity index (χ1v) is 5.39. The summed E-state index contributed by atoms with van der Waals surface area (Å²) in [6.07, 6.45) is 9.94. The third-order valence-electron chi connectivity index (χ3n) is 3.39. The molecule has 2 saturated heterocycles. The highest BCUT2D eigenvalue weighted by Crippen LogP contribution is 2.27. The van der Waals surface area contributed by atoms with Crippen molar-refractivity contribution < 1.29 is 0 Å². The molecule has 0 saturated carbocycles. The zero-order valence-electron chi connectivity index (χ0n) is 7.84. The molecule has 0 amide bonds. The Morgan fingerprint density at radius 2 is 1.75 bits per heavy atom. The molecule has 2 nitrogen and oxygen atoms in total. The van der Waals surface area contributed by atoms with E-state index in [1.54, 1.807) is 0 Å². The summed E-state index contributed by atoms with van der Waals surface area (Å²) >= 11 is 0. The summed E-state index contributed by atoms with van der Waals surface area (Å²) in [5.74, 6) is 0. The Kier molecular flexibility index (Phi) is 2.66. The van der Waals surface area contributed by atoms with Gasteiger partial charge in [0.05, 0.1) is 6.17 Å². The molecule has 0 aromatic rings. The lowest BCUT2D eigenvalue weighted by atomic mass is 9.97. The predicted molar refractivity (Wildman–Crippen MR) is 50.8 cm³/mol. The van der Waals surface area contributed by atoms with Gasteiger partial charge in [-0.05, 0) is 38.6 Å². The van der Waals surface area contributed by atoms with Crippen molar-refractivity contribution in [3.05, 3.63) is 0 Å². The first-order valence-electron chi connectivity index (χ1n) is 5.39. The molecule has 0 bridgehead atoms. The van der Waals surface area contributed by atoms with Crippen molar-refractivity contribution in [2.75, 3.05) is 6.54 Å². The van der Waals surface area contributed by atoms with Crippen LogP contribution in [0.5, 0.6) is 0 Å². The van der Waals surface area contributed by atoms with Crippen LogP contribution in [0.15, 0.2) is 0 Å². The first-order chi connectivity index (χ1) is 5.88. The average molecular weight is 168 g/mol. The highest BCUT2D eigenvalue weighted by atomic mass is 15.2. The van der Waals surface area contributed by atoms with Gasteiger partial charge in [-0.25, -0.2) is 0 Å². The standard InChI is InChI=1S/C10H20N2/c11-10-7-4-6-9-5-2-1-3-8-12(9)10/h9-10H,1-8,11H2. The van der Waals surface area contributed by atoms with Crippen molar-refractivity contribution in [3.63, 3.8) is 0 Å². The van der Waals surface area contributed by atoms with E-state index in [9.17, 15) is 0 Å². The fourth-order valence-electron chi connectivity index (χ4n) is 2.67. The largest absolute Gasteiger partial charge is 0.316 e. The van der Waals surface area contributed by atoms with Crippen LogP contribution in [0.4, 0.5) is 0 Å². The second-order valence-electron chi connectivity index (χ2n) is 4.24. The number of nitrogens with two attached hydrogens (primary N) is 1. The normalized spacial score (nSPS) is 38.8. The lowest BCUT2D eigenvalue weighted by molar-refractivity contribution is 0.0894. The molecule has 70 valence electrons. The van der Waals surface area contributed by atoms with E-state index in [0.717, 1.165) is 6.04 Å². The zero-order chi connectivity index (χ0) is 8.39. The molecule has 2 fully saturated rings. The Morgan fingerprint density at radius 1 is 0.917 bits per heavy atom. The molecule has 0 radical (unpaired) electrons. The molecule has 2 N–H and O–H groups in total. The molecule has 2 aliphatic rings. The maximum Gasteiger partial charge on any atom is 0.0574 e. The van der Waals surface area contributed by atoms with Crippen LogP contribution in [0.3, 0.4) is 0 Å². The van der Waals surface area contributed by atoms with E-state index in [1.807, 2.05) is 0 Å². The molecule has 0 aliphatic carbocycles. The van der Waals surface area contributed by atoms with E-state index in [-0.39, 0.29) is 0 Å². The van der Waals surface area contributed by atoms with Crippen molar-refractivity contribution in [2.24, 2.45) is 5.73 Å². The quantitative estimate of drug-likeness (QED) is 0.596. The first kappa shape index (κ1) is 8.52. The van der Waals surface area contributed by atoms with Gasteiger partial charge in [0.1, 0.15) is 0 Å². The minimum Gasteiger partial charge on any atom is -0.316 e. The van der Waals surface area contributed by atoms with E-state index in [4.69, 9.17) is 5.73 Å². The number of hydrogen-bond acceptors (Lipinski definition) is 2. The minimum absolute atomic E-state index is 0.377. The molecule has 2 atom stereocenters. The van der Waals surface area contributed by atoms with Crippen molar-refractivity contribution >= 4 is 0 Å². The minimum atomic E-state index is 0.377. The van der Waals surface area contributed by atoms with Crippen LogP contribution in [0.25, 0.3) is 0 Å². The second kappa shape index (κ2) is 3.75. The monoisotopic (exact) mass is 168 g/mol. The molecule has 2 unspecified atom stereocenters. The average Bonchev–Trinajstić information content (AvgIpc) is 2.30. The van der Waals surface area contributed by atoms with Gasteiger partial charge in [0.15, 0.2) is 0 Å². The number of nitrogens with zero attached hydrogens (tertiary/aromatic N) is 1. The highest BCUT2D eigenvalue weighted by molar-refractivity contribution is 4.83. The van der Waals surface area contributed by atoms with Gasteiger partial charge in [0, 0.05) is 6.04 Å². The highest BCUT2D eigenvalue weighted by Gasteiger charge is 2.28. The van der Waals surface area contributed by atoms with E-state index < -0.39 is 0 Å². The van der Waals surface area contributed by atoms with Gasteiger partial charge in [-0.3, -0.25) is 4.90 Å². The van der Waals surface area contributed by atoms with Crippen LogP contribution in [0, 0.1) is 0 Å². The molecule has 2 aliphatic heterocycles. The van der Waals surface area contributed by atoms with Gasteiger partial charge in [-0.1, -0.05) is 12.8 Å². The molecule has 0 aromatic heterocycles. The molecule has 2 heterocycles. The Bertz CT molecular complexity index is 147. The van der Waals surface area contributed by atoms with Gasteiger partial charge >= 0.3 is 0 Å². The summed E-state index contributed by atoms with van der Waals surface area (Å²) in [7, 11) is 0. The SMILES string of the molecule is NC1CCCC2CCCCCN12. The van der Waals surface area contributed by atoms with Crippen LogP contribution in [-0.4, -0.2) is 23.7 Å². The third kappa shape index (κ3) is 1.64. The number of hydrogen-bond donors (Lipinski definition) is 1. The predicted octanol–water partition coefficient (Wildman–Crippen LogP) is 1.70. The molecular formula is C10H20N2. The topological polar surface area (TPSA) is 29.3 Å². The summed E-state index contributed by atoms with van der Waals surface area (Å²) in [4.78, 5) is 2.55. The molecule has 2 heteroatoms. The van der Waals surface area contributed by atoms with Gasteiger partial charge < -0.3 is 5.73 Å². The second-order valence-corrected chi connectivity index (χ2v) is 4.24. The zero-order valence-corrected chi connectivity index (χ0v) is 7.84. The Labute approximate surface area is 75.1 Å². The van der Waals surface area contributed by atoms with Crippen molar-refractivity contribution in [2.45, 2.75) is 57.2 Å². The number of fused-ring (bicyclic) bond motifs is 1. The summed E-state index contributed by atoms with van der Waals surface area (Å²) in [6, 6.07) is 0.830. The lowest BCUT2D eigenvalue weighted by Gasteiger charge is -2.39. The van der Waals surface area contributed by atoms with Gasteiger partial charge in [-0.2, -0.15) is 0 Å². The summed E-state index contributed by atoms with van der Waals surface area (Å²) in [5, 5.41) is 0. The van der Waals surface area contributed by atoms with E-state index in [0.29, 0.717) is 6.17 Å². The lowest BCUT2D eigenvalue weighted by Crippen LogP contribution is -2.50. The van der Waals surface area contributed by atoms with Crippen LogP contribution in [-0.2, 0) is 0 Å². The van der Waals surface area contributed by atoms with Crippen molar-refractivity contribution in [1.29, 1.82) is 0 Å². The fraction of sp³-hybridized carbons (Fsp3) is 1.00. The van der Waals surface area contributed by atoms with Crippen LogP contribution < -0.4 is 5.73 Å². The molecule has 0 aromatic carbocycles. The Morgan fingerprint density at radius 3 is 2.67 bits per heavy atom. The van der Waals surface area contributed by atoms with Crippen molar-refractivity contribution in [1.82, 2.24) is 4.90 Å². The summed E-state index contributed by atoms with van der Waals surface area (Å²) in [6.45, 7) is 1.26. The third-order valence-corrected chi connectivity index (χ3v) is 3.39. The van der Waals surface area contributed by atoms with Crippen molar-refractivity contribution in [3.8, 4) is 0 Å². The maximum atomic E-state index is 6.08.